The van der Waals surface area contributed by atoms with E-state index in [1.165, 1.54) is 169 Å². The standard InChI is InChI=1S/C29H41N.C23H35N.C15H21N.C14H13N.C13H13N.8C2H6/c1-26(2)14-16-28(5,6)24-18-20(10-12-22(24)26)30(9)21-11-13-23-25(19-21)29(7,8)17-15-27(23,3)4;1-20(2)12-13-21(3,4)17-15-19-18(14-16(17)20)22(5)10-8-9-11-23(22,6)24(19)7;1-14-10-6-7-11-15(14,2)16(3)13-9-5-4-8-12(13)14;1-15-13-8-4-2-6-11(13)10-12-7-3-5-9-14(12)15;1-14(12-8-4-2-5-9-12)13-10-6-3-7-11-13;8*1-2/h10-13,18-19H,14-17H2,1-9H3;14-15H,8-13H2,1-7H3;4-5,8-9H,6-7,10-11H2,1-3H3;2-9H,10H2,1H3;2-11H,1H3;8*1-2H3. The minimum atomic E-state index is 0.240. The number of rotatable bonds is 4. The molecule has 2 fully saturated rings. The molecule has 0 saturated heterocycles. The molecule has 0 amide bonds. The highest BCUT2D eigenvalue weighted by molar-refractivity contribution is 5.75. The second kappa shape index (κ2) is 42.9. The van der Waals surface area contributed by atoms with E-state index in [1.54, 1.807) is 22.3 Å². The van der Waals surface area contributed by atoms with Gasteiger partial charge in [0.2, 0.25) is 0 Å². The Balaban J connectivity index is 0.000000296. The zero-order chi connectivity index (χ0) is 87.1. The van der Waals surface area contributed by atoms with Gasteiger partial charge in [-0.3, -0.25) is 0 Å². The Morgan fingerprint density at radius 3 is 0.887 bits per heavy atom. The summed E-state index contributed by atoms with van der Waals surface area (Å²) in [4.78, 5) is 12.0. The SMILES string of the molecule is CC.CC.CC.CC.CC.CC.CC.CC.CN(c1ccc2c(c1)C(C)(C)CCC2(C)C)c1ccc2c(c1)C(C)(C)CCC2(C)C.CN(c1ccccc1)c1ccccc1.CN1c2cc3c(cc2C2(C)CCCCC12C)C(C)(C)CCC3(C)C.CN1c2ccccc2C2(C)CCCCC12C.CN1c2ccccc2Cc2ccccc21. The van der Waals surface area contributed by atoms with Crippen molar-refractivity contribution >= 4 is 45.5 Å². The molecule has 8 aromatic rings. The Labute approximate surface area is 710 Å². The molecular weight excluding hydrogens is 1390 g/mol. The van der Waals surface area contributed by atoms with Gasteiger partial charge in [-0.15, -0.1) is 0 Å². The fraction of sp³-hybridized carbons (Fsp3) is 0.564. The molecule has 115 heavy (non-hydrogen) atoms. The van der Waals surface area contributed by atoms with Crippen LogP contribution in [-0.2, 0) is 49.7 Å². The van der Waals surface area contributed by atoms with Crippen LogP contribution >= 0.6 is 0 Å². The van der Waals surface area contributed by atoms with Crippen LogP contribution in [0.3, 0.4) is 0 Å². The zero-order valence-electron chi connectivity index (χ0n) is 81.2. The van der Waals surface area contributed by atoms with E-state index in [9.17, 15) is 0 Å². The highest BCUT2D eigenvalue weighted by Crippen LogP contribution is 2.62. The van der Waals surface area contributed by atoms with Crippen LogP contribution in [-0.4, -0.2) is 46.3 Å². The molecule has 16 rings (SSSR count). The number of hydrogen-bond donors (Lipinski definition) is 0. The molecule has 0 bridgehead atoms. The molecule has 8 aromatic carbocycles. The first-order valence-corrected chi connectivity index (χ1v) is 46.1. The number of fused-ring (bicyclic) bond motifs is 11. The highest BCUT2D eigenvalue weighted by Gasteiger charge is 2.58. The lowest BCUT2D eigenvalue weighted by atomic mass is 9.59. The van der Waals surface area contributed by atoms with Gasteiger partial charge in [0.15, 0.2) is 0 Å². The molecule has 5 nitrogen and oxygen atoms in total. The third kappa shape index (κ3) is 20.9. The van der Waals surface area contributed by atoms with Gasteiger partial charge >= 0.3 is 0 Å². The molecule has 0 spiro atoms. The summed E-state index contributed by atoms with van der Waals surface area (Å²) in [5.41, 5.74) is 28.9. The van der Waals surface area contributed by atoms with Crippen molar-refractivity contribution in [2.24, 2.45) is 0 Å². The van der Waals surface area contributed by atoms with Crippen LogP contribution in [0.5, 0.6) is 0 Å². The molecule has 4 unspecified atom stereocenters. The van der Waals surface area contributed by atoms with E-state index in [2.05, 4.69) is 340 Å². The number of anilines is 8. The summed E-state index contributed by atoms with van der Waals surface area (Å²) in [6.07, 6.45) is 19.5. The molecule has 5 aliphatic carbocycles. The molecule has 8 aliphatic rings. The first kappa shape index (κ1) is 100. The van der Waals surface area contributed by atoms with Gasteiger partial charge in [0.05, 0.1) is 0 Å². The smallest absolute Gasteiger partial charge is 0.0465 e. The van der Waals surface area contributed by atoms with Crippen LogP contribution in [0, 0.1) is 0 Å². The fourth-order valence-corrected chi connectivity index (χ4v) is 19.5. The van der Waals surface area contributed by atoms with Crippen LogP contribution in [0.1, 0.15) is 367 Å². The fourth-order valence-electron chi connectivity index (χ4n) is 19.5. The number of hydrogen-bond acceptors (Lipinski definition) is 5. The molecule has 0 N–H and O–H groups in total. The molecule has 4 atom stereocenters. The highest BCUT2D eigenvalue weighted by atomic mass is 15.2. The van der Waals surface area contributed by atoms with Crippen molar-refractivity contribution in [1.82, 2.24) is 0 Å². The van der Waals surface area contributed by atoms with E-state index < -0.39 is 0 Å². The van der Waals surface area contributed by atoms with E-state index in [0.717, 1.165) is 6.42 Å². The van der Waals surface area contributed by atoms with Gasteiger partial charge in [-0.25, -0.2) is 0 Å². The van der Waals surface area contributed by atoms with Crippen molar-refractivity contribution in [3.05, 3.63) is 238 Å². The minimum Gasteiger partial charge on any atom is -0.368 e. The molecule has 0 radical (unpaired) electrons. The van der Waals surface area contributed by atoms with Crippen molar-refractivity contribution in [2.45, 2.75) is 372 Å². The molecule has 5 heteroatoms. The predicted octanol–water partition coefficient (Wildman–Crippen LogP) is 33.0. The summed E-state index contributed by atoms with van der Waals surface area (Å²) in [6, 6.07) is 66.5. The average molecular weight is 1560 g/mol. The van der Waals surface area contributed by atoms with E-state index in [4.69, 9.17) is 0 Å². The Morgan fingerprint density at radius 2 is 0.513 bits per heavy atom. The third-order valence-electron chi connectivity index (χ3n) is 27.6. The molecule has 2 saturated carbocycles. The lowest BCUT2D eigenvalue weighted by molar-refractivity contribution is 0.189. The topological polar surface area (TPSA) is 16.2 Å². The van der Waals surface area contributed by atoms with Crippen molar-refractivity contribution in [1.29, 1.82) is 0 Å². The maximum Gasteiger partial charge on any atom is 0.0465 e. The molecule has 0 aromatic heterocycles. The number of para-hydroxylation sites is 5. The summed E-state index contributed by atoms with van der Waals surface area (Å²) in [7, 11) is 11.1. The van der Waals surface area contributed by atoms with Crippen molar-refractivity contribution in [3.63, 3.8) is 0 Å². The van der Waals surface area contributed by atoms with E-state index in [-0.39, 0.29) is 27.2 Å². The van der Waals surface area contributed by atoms with Gasteiger partial charge in [0, 0.05) is 109 Å². The van der Waals surface area contributed by atoms with Gasteiger partial charge in [0.25, 0.3) is 0 Å². The van der Waals surface area contributed by atoms with Crippen LogP contribution in [0.2, 0.25) is 0 Å². The summed E-state index contributed by atoms with van der Waals surface area (Å²) in [5.74, 6) is 0. The lowest BCUT2D eigenvalue weighted by Gasteiger charge is -2.49. The van der Waals surface area contributed by atoms with Gasteiger partial charge in [0.1, 0.15) is 0 Å². The maximum absolute atomic E-state index is 2.64. The Morgan fingerprint density at radius 1 is 0.235 bits per heavy atom. The Kier molecular flexibility index (Phi) is 37.4. The number of benzene rings is 8. The monoisotopic (exact) mass is 1560 g/mol. The van der Waals surface area contributed by atoms with E-state index in [0.29, 0.717) is 27.2 Å². The van der Waals surface area contributed by atoms with E-state index in [1.807, 2.05) is 123 Å². The van der Waals surface area contributed by atoms with Crippen molar-refractivity contribution < 1.29 is 0 Å². The first-order valence-electron chi connectivity index (χ1n) is 46.1. The normalized spacial score (nSPS) is 21.9. The van der Waals surface area contributed by atoms with Gasteiger partial charge in [-0.2, -0.15) is 0 Å². The predicted molar refractivity (Wildman–Crippen MR) is 520 cm³/mol. The molecular formula is C110H171N5. The lowest BCUT2D eigenvalue weighted by Crippen LogP contribution is -2.55. The average Bonchev–Trinajstić information content (AvgIpc) is 1.54. The second-order valence-electron chi connectivity index (χ2n) is 36.2. The summed E-state index contributed by atoms with van der Waals surface area (Å²) < 4.78 is 0. The molecule has 3 heterocycles. The van der Waals surface area contributed by atoms with Gasteiger partial charge < -0.3 is 24.5 Å². The Hall–Kier alpha value is -7.24. The van der Waals surface area contributed by atoms with Crippen LogP contribution in [0.25, 0.3) is 0 Å². The first-order chi connectivity index (χ1) is 54.6. The van der Waals surface area contributed by atoms with Crippen LogP contribution in [0.4, 0.5) is 45.5 Å². The summed E-state index contributed by atoms with van der Waals surface area (Å²) in [5, 5.41) is 0. The molecule has 636 valence electrons. The number of nitrogens with zero attached hydrogens (tertiary/aromatic N) is 5. The van der Waals surface area contributed by atoms with Crippen molar-refractivity contribution in [3.8, 4) is 0 Å². The summed E-state index contributed by atoms with van der Waals surface area (Å²) >= 11 is 0. The Bertz CT molecular complexity index is 4040. The molecule has 3 aliphatic heterocycles. The van der Waals surface area contributed by atoms with Gasteiger partial charge in [-0.05, 0) is 239 Å². The van der Waals surface area contributed by atoms with E-state index >= 15 is 0 Å². The quantitative estimate of drug-likeness (QED) is 0.174. The van der Waals surface area contributed by atoms with Crippen LogP contribution < -0.4 is 24.5 Å². The number of likely N-dealkylation sites (N-methyl/N-ethyl adjacent to an activating group) is 2. The zero-order valence-corrected chi connectivity index (χ0v) is 81.2. The summed E-state index contributed by atoms with van der Waals surface area (Å²) in [6.45, 7) is 71.0. The maximum atomic E-state index is 2.64. The second-order valence-corrected chi connectivity index (χ2v) is 36.2. The van der Waals surface area contributed by atoms with Crippen LogP contribution in [0.15, 0.2) is 182 Å². The van der Waals surface area contributed by atoms with Crippen molar-refractivity contribution in [2.75, 3.05) is 59.7 Å². The van der Waals surface area contributed by atoms with Gasteiger partial charge in [-0.1, -0.05) is 343 Å². The largest absolute Gasteiger partial charge is 0.368 e. The third-order valence-corrected chi connectivity index (χ3v) is 27.6. The minimum absolute atomic E-state index is 0.240.